The van der Waals surface area contributed by atoms with Crippen molar-refractivity contribution in [3.63, 3.8) is 0 Å². The van der Waals surface area contributed by atoms with Crippen molar-refractivity contribution in [1.29, 1.82) is 0 Å². The Morgan fingerprint density at radius 2 is 1.83 bits per heavy atom. The molecule has 5 rings (SSSR count). The fraction of sp³-hybridized carbons (Fsp3) is 0.565. The van der Waals surface area contributed by atoms with Crippen molar-refractivity contribution >= 4 is 17.4 Å². The maximum Gasteiger partial charge on any atom is 0.422 e. The molecule has 2 aliphatic rings. The van der Waals surface area contributed by atoms with Crippen LogP contribution in [0.15, 0.2) is 18.5 Å². The lowest BCUT2D eigenvalue weighted by Gasteiger charge is -2.38. The first kappa shape index (κ1) is 24.5. The van der Waals surface area contributed by atoms with E-state index in [9.17, 15) is 22.7 Å². The fourth-order valence-corrected chi connectivity index (χ4v) is 5.18. The van der Waals surface area contributed by atoms with Crippen LogP contribution in [0.3, 0.4) is 0 Å². The SMILES string of the molecule is Cc1ncnc(N2C[C@H]3CC[C@@H](C2)C3Nc2nc3c(OCC(F)(F)F)ccc(C(C)(C)O)n3n2)c1F. The van der Waals surface area contributed by atoms with Crippen LogP contribution in [0.5, 0.6) is 5.75 Å². The molecule has 13 heteroatoms. The molecule has 1 saturated heterocycles. The van der Waals surface area contributed by atoms with E-state index in [2.05, 4.69) is 25.4 Å². The number of rotatable bonds is 6. The molecular formula is C23H27F4N7O2. The summed E-state index contributed by atoms with van der Waals surface area (Å²) in [5, 5.41) is 18.4. The van der Waals surface area contributed by atoms with Crippen LogP contribution in [0, 0.1) is 24.6 Å². The van der Waals surface area contributed by atoms with Gasteiger partial charge < -0.3 is 20.1 Å². The second kappa shape index (κ2) is 8.71. The lowest BCUT2D eigenvalue weighted by molar-refractivity contribution is -0.153. The molecule has 3 aromatic rings. The molecule has 194 valence electrons. The third-order valence-electron chi connectivity index (χ3n) is 6.84. The number of pyridine rings is 1. The van der Waals surface area contributed by atoms with E-state index < -0.39 is 24.2 Å². The van der Waals surface area contributed by atoms with Gasteiger partial charge in [0.1, 0.15) is 11.9 Å². The van der Waals surface area contributed by atoms with Crippen molar-refractivity contribution in [2.75, 3.05) is 29.9 Å². The highest BCUT2D eigenvalue weighted by Gasteiger charge is 2.43. The number of nitrogens with one attached hydrogen (secondary N) is 1. The number of piperidine rings is 1. The monoisotopic (exact) mass is 509 g/mol. The van der Waals surface area contributed by atoms with E-state index in [1.54, 1.807) is 20.8 Å². The number of aromatic nitrogens is 5. The maximum absolute atomic E-state index is 14.6. The van der Waals surface area contributed by atoms with E-state index in [4.69, 9.17) is 4.74 Å². The lowest BCUT2D eigenvalue weighted by Crippen LogP contribution is -2.48. The number of hydrogen-bond donors (Lipinski definition) is 2. The largest absolute Gasteiger partial charge is 0.480 e. The molecule has 0 aromatic carbocycles. The number of fused-ring (bicyclic) bond motifs is 3. The number of hydrogen-bond acceptors (Lipinski definition) is 8. The smallest absolute Gasteiger partial charge is 0.422 e. The number of aryl methyl sites for hydroxylation is 1. The van der Waals surface area contributed by atoms with Crippen molar-refractivity contribution in [1.82, 2.24) is 24.6 Å². The highest BCUT2D eigenvalue weighted by molar-refractivity contribution is 5.57. The van der Waals surface area contributed by atoms with Crippen LogP contribution in [0.4, 0.5) is 29.3 Å². The van der Waals surface area contributed by atoms with Crippen molar-refractivity contribution in [3.8, 4) is 5.75 Å². The molecule has 0 spiro atoms. The molecule has 1 unspecified atom stereocenters. The van der Waals surface area contributed by atoms with Crippen molar-refractivity contribution in [2.45, 2.75) is 51.4 Å². The second-order valence-corrected chi connectivity index (χ2v) is 9.99. The molecule has 2 fully saturated rings. The number of nitrogens with zero attached hydrogens (tertiary/aromatic N) is 6. The van der Waals surface area contributed by atoms with E-state index in [0.29, 0.717) is 30.3 Å². The van der Waals surface area contributed by atoms with Gasteiger partial charge in [0.15, 0.2) is 29.6 Å². The number of ether oxygens (including phenoxy) is 1. The van der Waals surface area contributed by atoms with Crippen molar-refractivity contribution < 1.29 is 27.4 Å². The van der Waals surface area contributed by atoms with E-state index in [1.165, 1.54) is 23.0 Å². The quantitative estimate of drug-likeness (QED) is 0.488. The minimum atomic E-state index is -4.51. The van der Waals surface area contributed by atoms with Crippen molar-refractivity contribution in [3.05, 3.63) is 35.7 Å². The van der Waals surface area contributed by atoms with E-state index in [-0.39, 0.29) is 35.2 Å². The van der Waals surface area contributed by atoms with Crippen molar-refractivity contribution in [2.24, 2.45) is 11.8 Å². The van der Waals surface area contributed by atoms with Crippen LogP contribution < -0.4 is 15.0 Å². The fourth-order valence-electron chi connectivity index (χ4n) is 5.18. The Morgan fingerprint density at radius 1 is 1.14 bits per heavy atom. The third-order valence-corrected chi connectivity index (χ3v) is 6.84. The number of anilines is 2. The summed E-state index contributed by atoms with van der Waals surface area (Å²) in [5.74, 6) is 0.344. The van der Waals surface area contributed by atoms with Gasteiger partial charge in [-0.05, 0) is 57.6 Å². The molecule has 0 radical (unpaired) electrons. The normalized spacial score (nSPS) is 22.3. The highest BCUT2D eigenvalue weighted by Crippen LogP contribution is 2.40. The molecule has 9 nitrogen and oxygen atoms in total. The highest BCUT2D eigenvalue weighted by atomic mass is 19.4. The van der Waals surface area contributed by atoms with Gasteiger partial charge in [0.25, 0.3) is 0 Å². The third kappa shape index (κ3) is 4.63. The van der Waals surface area contributed by atoms with Gasteiger partial charge in [0.05, 0.1) is 11.4 Å². The van der Waals surface area contributed by atoms with Crippen LogP contribution in [-0.2, 0) is 5.60 Å². The molecule has 3 atom stereocenters. The summed E-state index contributed by atoms with van der Waals surface area (Å²) in [6, 6.07) is 2.82. The molecule has 4 heterocycles. The molecule has 36 heavy (non-hydrogen) atoms. The lowest BCUT2D eigenvalue weighted by atomic mass is 9.92. The average molecular weight is 510 g/mol. The van der Waals surface area contributed by atoms with Gasteiger partial charge in [-0.2, -0.15) is 18.2 Å². The topological polar surface area (TPSA) is 101 Å². The van der Waals surface area contributed by atoms with Crippen LogP contribution in [-0.4, -0.2) is 61.6 Å². The molecule has 1 aliphatic heterocycles. The molecule has 1 aliphatic carbocycles. The average Bonchev–Trinajstić information content (AvgIpc) is 3.29. The Labute approximate surface area is 204 Å². The first-order valence-corrected chi connectivity index (χ1v) is 11.7. The van der Waals surface area contributed by atoms with Gasteiger partial charge in [0, 0.05) is 19.1 Å². The zero-order chi connectivity index (χ0) is 25.8. The zero-order valence-corrected chi connectivity index (χ0v) is 20.1. The van der Waals surface area contributed by atoms with Crippen LogP contribution in [0.1, 0.15) is 38.1 Å². The molecule has 1 saturated carbocycles. The first-order chi connectivity index (χ1) is 16.9. The van der Waals surface area contributed by atoms with Crippen LogP contribution in [0.25, 0.3) is 5.65 Å². The van der Waals surface area contributed by atoms with E-state index in [1.807, 2.05) is 4.90 Å². The summed E-state index contributed by atoms with van der Waals surface area (Å²) in [7, 11) is 0. The summed E-state index contributed by atoms with van der Waals surface area (Å²) in [6.07, 6.45) is -1.30. The van der Waals surface area contributed by atoms with Gasteiger partial charge in [-0.3, -0.25) is 0 Å². The van der Waals surface area contributed by atoms with Crippen LogP contribution >= 0.6 is 0 Å². The predicted molar refractivity (Wildman–Crippen MR) is 122 cm³/mol. The number of alkyl halides is 3. The van der Waals surface area contributed by atoms with Gasteiger partial charge in [-0.25, -0.2) is 18.9 Å². The number of aliphatic hydroxyl groups is 1. The molecule has 2 bridgehead atoms. The zero-order valence-electron chi connectivity index (χ0n) is 20.1. The summed E-state index contributed by atoms with van der Waals surface area (Å²) >= 11 is 0. The molecular weight excluding hydrogens is 482 g/mol. The van der Waals surface area contributed by atoms with Crippen LogP contribution in [0.2, 0.25) is 0 Å². The van der Waals surface area contributed by atoms with Gasteiger partial charge >= 0.3 is 6.18 Å². The van der Waals surface area contributed by atoms with Gasteiger partial charge in [0.2, 0.25) is 5.95 Å². The minimum Gasteiger partial charge on any atom is -0.480 e. The summed E-state index contributed by atoms with van der Waals surface area (Å²) in [6.45, 7) is 4.41. The Balaban J connectivity index is 1.41. The Kier molecular flexibility index (Phi) is 5.92. The van der Waals surface area contributed by atoms with Gasteiger partial charge in [-0.15, -0.1) is 5.10 Å². The Hall–Kier alpha value is -3.22. The second-order valence-electron chi connectivity index (χ2n) is 9.99. The van der Waals surface area contributed by atoms with E-state index >= 15 is 0 Å². The Morgan fingerprint density at radius 3 is 2.47 bits per heavy atom. The summed E-state index contributed by atoms with van der Waals surface area (Å²) in [4.78, 5) is 14.4. The first-order valence-electron chi connectivity index (χ1n) is 11.7. The minimum absolute atomic E-state index is 0.00483. The number of halogens is 4. The Bertz CT molecular complexity index is 1260. The molecule has 2 N–H and O–H groups in total. The maximum atomic E-state index is 14.6. The summed E-state index contributed by atoms with van der Waals surface area (Å²) in [5.41, 5.74) is -0.599. The molecule has 3 aromatic heterocycles. The molecule has 0 amide bonds. The standard InChI is InChI=1S/C23H27F4N7O2/c1-12-17(24)20(29-11-28-12)33-8-13-4-5-14(9-33)18(13)30-21-31-19-15(36-10-23(25,26)27)6-7-16(22(2,3)35)34(19)32-21/h6-7,11,13-14,18,35H,4-5,8-10H2,1-3H3,(H,30,32)/t13-,14+,18?. The predicted octanol–water partition coefficient (Wildman–Crippen LogP) is 3.46. The van der Waals surface area contributed by atoms with Gasteiger partial charge in [-0.1, -0.05) is 0 Å². The summed E-state index contributed by atoms with van der Waals surface area (Å²) < 4.78 is 59.2. The van der Waals surface area contributed by atoms with E-state index in [0.717, 1.165) is 12.8 Å².